The van der Waals surface area contributed by atoms with E-state index in [-0.39, 0.29) is 29.7 Å². The smallest absolute Gasteiger partial charge is 0.271 e. The van der Waals surface area contributed by atoms with E-state index in [1.165, 1.54) is 19.2 Å². The van der Waals surface area contributed by atoms with Crippen LogP contribution in [-0.4, -0.2) is 57.0 Å². The molecule has 2 fully saturated rings. The predicted molar refractivity (Wildman–Crippen MR) is 117 cm³/mol. The summed E-state index contributed by atoms with van der Waals surface area (Å²) < 4.78 is 15.3. The highest BCUT2D eigenvalue weighted by Gasteiger charge is 2.29. The Morgan fingerprint density at radius 1 is 1.16 bits per heavy atom. The average molecular weight is 436 g/mol. The molecule has 32 heavy (non-hydrogen) atoms. The van der Waals surface area contributed by atoms with Gasteiger partial charge in [-0.1, -0.05) is 12.1 Å². The maximum absolute atomic E-state index is 13.8. The normalized spacial score (nSPS) is 20.8. The highest BCUT2D eigenvalue weighted by atomic mass is 19.1. The molecule has 2 aliphatic heterocycles. The molecule has 0 saturated carbocycles. The molecule has 0 radical (unpaired) electrons. The van der Waals surface area contributed by atoms with Crippen molar-refractivity contribution in [3.8, 4) is 0 Å². The molecule has 2 aliphatic rings. The number of hydrogen-bond donors (Lipinski definition) is 1. The fourth-order valence-electron chi connectivity index (χ4n) is 4.70. The maximum atomic E-state index is 13.8. The molecular weight excluding hydrogens is 411 g/mol. The van der Waals surface area contributed by atoms with Gasteiger partial charge in [-0.05, 0) is 49.1 Å². The number of fused-ring (bicyclic) bond motifs is 1. The molecule has 0 spiro atoms. The molecular formula is C23H25FN6O2. The van der Waals surface area contributed by atoms with Crippen molar-refractivity contribution in [3.63, 3.8) is 0 Å². The molecule has 4 heterocycles. The lowest BCUT2D eigenvalue weighted by molar-refractivity contribution is -0.127. The van der Waals surface area contributed by atoms with Gasteiger partial charge in [0.15, 0.2) is 11.3 Å². The van der Waals surface area contributed by atoms with E-state index in [1.54, 1.807) is 21.5 Å². The van der Waals surface area contributed by atoms with Gasteiger partial charge in [0.1, 0.15) is 11.6 Å². The van der Waals surface area contributed by atoms with Crippen LogP contribution in [0, 0.1) is 5.82 Å². The third-order valence-electron chi connectivity index (χ3n) is 6.33. The number of nitrogens with one attached hydrogen (secondary N) is 1. The lowest BCUT2D eigenvalue weighted by atomic mass is 10.0. The molecule has 2 saturated heterocycles. The van der Waals surface area contributed by atoms with Gasteiger partial charge < -0.3 is 15.1 Å². The van der Waals surface area contributed by atoms with Gasteiger partial charge in [-0.15, -0.1) is 5.10 Å². The summed E-state index contributed by atoms with van der Waals surface area (Å²) >= 11 is 0. The zero-order valence-corrected chi connectivity index (χ0v) is 17.9. The van der Waals surface area contributed by atoms with Crippen molar-refractivity contribution in [2.24, 2.45) is 0 Å². The van der Waals surface area contributed by atoms with Crippen LogP contribution < -0.4 is 10.2 Å². The molecule has 2 aromatic heterocycles. The zero-order valence-electron chi connectivity index (χ0n) is 17.9. The van der Waals surface area contributed by atoms with Gasteiger partial charge in [0.25, 0.3) is 5.91 Å². The Hall–Kier alpha value is -3.49. The minimum atomic E-state index is -0.263. The van der Waals surface area contributed by atoms with Crippen LogP contribution in [0.1, 0.15) is 48.3 Å². The Labute approximate surface area is 185 Å². The standard InChI is InChI=1S/C23H25FN6O2/c1-15(31)28-11-9-18(14-28)26-23(32)20-13-25-21-7-8-22(27-30(20)21)29-10-3-6-19(29)16-4-2-5-17(24)12-16/h2,4-5,7-8,12-13,18-19H,3,6,9-11,14H2,1H3,(H,26,32)/t18-,19-/m1/s1. The van der Waals surface area contributed by atoms with Crippen molar-refractivity contribution in [2.75, 3.05) is 24.5 Å². The number of carbonyl (C=O) groups is 2. The number of nitrogens with zero attached hydrogens (tertiary/aromatic N) is 5. The molecule has 2 amide bonds. The summed E-state index contributed by atoms with van der Waals surface area (Å²) in [5, 5.41) is 7.71. The molecule has 2 atom stereocenters. The molecule has 1 aromatic carbocycles. The number of benzene rings is 1. The molecule has 166 valence electrons. The van der Waals surface area contributed by atoms with Gasteiger partial charge in [-0.3, -0.25) is 9.59 Å². The molecule has 1 N–H and O–H groups in total. The van der Waals surface area contributed by atoms with Crippen LogP contribution in [0.4, 0.5) is 10.2 Å². The summed E-state index contributed by atoms with van der Waals surface area (Å²) in [5.41, 5.74) is 1.85. The first-order valence-corrected chi connectivity index (χ1v) is 10.9. The second-order valence-corrected chi connectivity index (χ2v) is 8.44. The highest BCUT2D eigenvalue weighted by molar-refractivity contribution is 5.93. The average Bonchev–Trinajstić information content (AvgIpc) is 3.52. The van der Waals surface area contributed by atoms with E-state index < -0.39 is 0 Å². The third-order valence-corrected chi connectivity index (χ3v) is 6.33. The quantitative estimate of drug-likeness (QED) is 0.680. The molecule has 8 nitrogen and oxygen atoms in total. The largest absolute Gasteiger partial charge is 0.348 e. The first kappa shape index (κ1) is 20.4. The summed E-state index contributed by atoms with van der Waals surface area (Å²) in [6.07, 6.45) is 4.14. The Bertz CT molecular complexity index is 1180. The number of carbonyl (C=O) groups excluding carboxylic acids is 2. The molecule has 0 aliphatic carbocycles. The van der Waals surface area contributed by atoms with E-state index in [4.69, 9.17) is 5.10 Å². The number of likely N-dealkylation sites (tertiary alicyclic amines) is 1. The Morgan fingerprint density at radius 2 is 2.03 bits per heavy atom. The third kappa shape index (κ3) is 3.79. The molecule has 3 aromatic rings. The van der Waals surface area contributed by atoms with Gasteiger partial charge in [-0.25, -0.2) is 13.9 Å². The van der Waals surface area contributed by atoms with Crippen LogP contribution >= 0.6 is 0 Å². The van der Waals surface area contributed by atoms with E-state index in [9.17, 15) is 14.0 Å². The highest BCUT2D eigenvalue weighted by Crippen LogP contribution is 2.35. The minimum absolute atomic E-state index is 0.0151. The van der Waals surface area contributed by atoms with Crippen molar-refractivity contribution in [3.05, 3.63) is 59.7 Å². The van der Waals surface area contributed by atoms with Crippen molar-refractivity contribution in [1.29, 1.82) is 0 Å². The molecule has 0 unspecified atom stereocenters. The van der Waals surface area contributed by atoms with Crippen molar-refractivity contribution >= 4 is 23.3 Å². The Morgan fingerprint density at radius 3 is 2.81 bits per heavy atom. The minimum Gasteiger partial charge on any atom is -0.348 e. The summed E-state index contributed by atoms with van der Waals surface area (Å²) in [4.78, 5) is 32.7. The molecule has 9 heteroatoms. The van der Waals surface area contributed by atoms with Crippen molar-refractivity contribution in [1.82, 2.24) is 24.8 Å². The lowest BCUT2D eigenvalue weighted by Crippen LogP contribution is -2.38. The van der Waals surface area contributed by atoms with Crippen molar-refractivity contribution < 1.29 is 14.0 Å². The summed E-state index contributed by atoms with van der Waals surface area (Å²) in [5.74, 6) is 0.225. The van der Waals surface area contributed by atoms with Crippen molar-refractivity contribution in [2.45, 2.75) is 38.3 Å². The fourth-order valence-corrected chi connectivity index (χ4v) is 4.70. The molecule has 0 bridgehead atoms. The van der Waals surface area contributed by atoms with Crippen LogP contribution in [0.5, 0.6) is 0 Å². The van der Waals surface area contributed by atoms with Gasteiger partial charge in [0.05, 0.1) is 12.2 Å². The van der Waals surface area contributed by atoms with E-state index in [0.29, 0.717) is 24.4 Å². The second-order valence-electron chi connectivity index (χ2n) is 8.44. The van der Waals surface area contributed by atoms with Gasteiger partial charge in [0, 0.05) is 32.6 Å². The lowest BCUT2D eigenvalue weighted by Gasteiger charge is -2.26. The number of halogens is 1. The first-order valence-electron chi connectivity index (χ1n) is 10.9. The van der Waals surface area contributed by atoms with Crippen LogP contribution in [0.15, 0.2) is 42.6 Å². The monoisotopic (exact) mass is 436 g/mol. The SMILES string of the molecule is CC(=O)N1CC[C@@H](NC(=O)c2cnc3ccc(N4CCC[C@@H]4c4cccc(F)c4)nn23)C1. The maximum Gasteiger partial charge on any atom is 0.271 e. The number of imidazole rings is 1. The number of rotatable bonds is 4. The van der Waals surface area contributed by atoms with Crippen LogP contribution in [-0.2, 0) is 4.79 Å². The number of anilines is 1. The summed E-state index contributed by atoms with van der Waals surface area (Å²) in [6, 6.07) is 10.4. The Kier molecular flexibility index (Phi) is 5.24. The van der Waals surface area contributed by atoms with Crippen LogP contribution in [0.25, 0.3) is 5.65 Å². The summed E-state index contributed by atoms with van der Waals surface area (Å²) in [7, 11) is 0. The zero-order chi connectivity index (χ0) is 22.2. The van der Waals surface area contributed by atoms with Crippen LogP contribution in [0.2, 0.25) is 0 Å². The topological polar surface area (TPSA) is 82.8 Å². The van der Waals surface area contributed by atoms with Gasteiger partial charge in [0.2, 0.25) is 5.91 Å². The fraction of sp³-hybridized carbons (Fsp3) is 0.391. The van der Waals surface area contributed by atoms with E-state index in [0.717, 1.165) is 37.2 Å². The van der Waals surface area contributed by atoms with E-state index in [1.807, 2.05) is 18.2 Å². The number of amides is 2. The number of aromatic nitrogens is 3. The predicted octanol–water partition coefficient (Wildman–Crippen LogP) is 2.56. The van der Waals surface area contributed by atoms with Gasteiger partial charge >= 0.3 is 0 Å². The second kappa shape index (κ2) is 8.22. The summed E-state index contributed by atoms with van der Waals surface area (Å²) in [6.45, 7) is 3.50. The van der Waals surface area contributed by atoms with Crippen LogP contribution in [0.3, 0.4) is 0 Å². The first-order chi connectivity index (χ1) is 15.5. The van der Waals surface area contributed by atoms with E-state index in [2.05, 4.69) is 15.2 Å². The molecule has 5 rings (SSSR count). The van der Waals surface area contributed by atoms with Gasteiger partial charge in [-0.2, -0.15) is 0 Å². The van der Waals surface area contributed by atoms with E-state index >= 15 is 0 Å². The Balaban J connectivity index is 1.39. The number of hydrogen-bond acceptors (Lipinski definition) is 5.